The number of fused-ring (bicyclic) bond motifs is 1. The molecule has 0 amide bonds. The number of halogens is 2. The van der Waals surface area contributed by atoms with Gasteiger partial charge in [-0.3, -0.25) is 10.7 Å². The van der Waals surface area contributed by atoms with E-state index in [0.29, 0.717) is 28.5 Å². The Bertz CT molecular complexity index is 999. The smallest absolute Gasteiger partial charge is 0.178 e. The molecule has 1 fully saturated rings. The molecule has 4 N–H and O–H groups in total. The highest BCUT2D eigenvalue weighted by molar-refractivity contribution is 6.31. The largest absolute Gasteiger partial charge is 0.340 e. The first-order valence-electron chi connectivity index (χ1n) is 8.65. The highest BCUT2D eigenvalue weighted by Gasteiger charge is 2.18. The average Bonchev–Trinajstić information content (AvgIpc) is 3.32. The molecule has 140 valence electrons. The average molecular weight is 389 g/mol. The van der Waals surface area contributed by atoms with Crippen LogP contribution in [0.15, 0.2) is 35.5 Å². The van der Waals surface area contributed by atoms with Gasteiger partial charge in [0.1, 0.15) is 11.6 Å². The highest BCUT2D eigenvalue weighted by atomic mass is 35.5. The lowest BCUT2D eigenvalue weighted by molar-refractivity contribution is 0.235. The Morgan fingerprint density at radius 1 is 1.41 bits per heavy atom. The van der Waals surface area contributed by atoms with Crippen LogP contribution in [0.3, 0.4) is 0 Å². The number of hydrogen-bond donors (Lipinski definition) is 4. The second-order valence-corrected chi connectivity index (χ2v) is 6.82. The first kappa shape index (κ1) is 17.8. The van der Waals surface area contributed by atoms with Crippen molar-refractivity contribution in [1.29, 1.82) is 0 Å². The molecule has 27 heavy (non-hydrogen) atoms. The van der Waals surface area contributed by atoms with E-state index in [9.17, 15) is 9.60 Å². The van der Waals surface area contributed by atoms with Gasteiger partial charge in [0.25, 0.3) is 0 Å². The van der Waals surface area contributed by atoms with Crippen LogP contribution in [-0.4, -0.2) is 38.6 Å². The van der Waals surface area contributed by atoms with Crippen LogP contribution in [0.25, 0.3) is 11.2 Å². The fourth-order valence-electron chi connectivity index (χ4n) is 3.25. The zero-order valence-electron chi connectivity index (χ0n) is 14.3. The molecule has 1 saturated heterocycles. The Kier molecular flexibility index (Phi) is 5.02. The molecule has 1 atom stereocenters. The summed E-state index contributed by atoms with van der Waals surface area (Å²) in [7, 11) is 0. The Labute approximate surface area is 159 Å². The maximum atomic E-state index is 13.3. The summed E-state index contributed by atoms with van der Waals surface area (Å²) in [6, 6.07) is 6.20. The number of amidine groups is 1. The fraction of sp³-hybridized carbons (Fsp3) is 0.278. The van der Waals surface area contributed by atoms with Gasteiger partial charge in [-0.2, -0.15) is 0 Å². The molecule has 1 aliphatic heterocycles. The molecule has 7 nitrogen and oxygen atoms in total. The number of nitrogens with zero attached hydrogens (tertiary/aromatic N) is 3. The van der Waals surface area contributed by atoms with Crippen LogP contribution in [0.2, 0.25) is 5.02 Å². The quantitative estimate of drug-likeness (QED) is 0.313. The molecule has 9 heteroatoms. The molecule has 0 radical (unpaired) electrons. The number of benzene rings is 1. The van der Waals surface area contributed by atoms with Crippen molar-refractivity contribution >= 4 is 34.3 Å². The summed E-state index contributed by atoms with van der Waals surface area (Å²) in [5.74, 6) is 0.477. The number of aromatic nitrogens is 3. The molecular formula is C18H18ClFN6O. The van der Waals surface area contributed by atoms with E-state index in [1.54, 1.807) is 12.3 Å². The minimum Gasteiger partial charge on any atom is -0.340 e. The van der Waals surface area contributed by atoms with Crippen molar-refractivity contribution in [3.63, 3.8) is 0 Å². The molecule has 1 unspecified atom stereocenters. The van der Waals surface area contributed by atoms with E-state index in [4.69, 9.17) is 11.6 Å². The molecule has 0 saturated carbocycles. The van der Waals surface area contributed by atoms with Crippen molar-refractivity contribution in [1.82, 2.24) is 25.7 Å². The number of hydrogen-bond acceptors (Lipinski definition) is 5. The van der Waals surface area contributed by atoms with E-state index in [-0.39, 0.29) is 10.9 Å². The molecule has 0 bridgehead atoms. The Balaban J connectivity index is 1.70. The fourth-order valence-corrected chi connectivity index (χ4v) is 3.42. The van der Waals surface area contributed by atoms with Crippen LogP contribution >= 0.6 is 11.6 Å². The summed E-state index contributed by atoms with van der Waals surface area (Å²) in [6.45, 7) is 1.03. The van der Waals surface area contributed by atoms with E-state index >= 15 is 0 Å². The molecule has 3 aromatic rings. The Morgan fingerprint density at radius 2 is 2.30 bits per heavy atom. The van der Waals surface area contributed by atoms with Crippen molar-refractivity contribution < 1.29 is 9.60 Å². The zero-order chi connectivity index (χ0) is 18.8. The van der Waals surface area contributed by atoms with Crippen LogP contribution in [0.5, 0.6) is 0 Å². The normalized spacial score (nSPS) is 17.6. The van der Waals surface area contributed by atoms with Gasteiger partial charge in [0, 0.05) is 24.2 Å². The van der Waals surface area contributed by atoms with E-state index in [1.165, 1.54) is 24.6 Å². The van der Waals surface area contributed by atoms with Gasteiger partial charge in [-0.05, 0) is 43.7 Å². The molecule has 4 rings (SSSR count). The maximum absolute atomic E-state index is 13.3. The molecule has 2 aromatic heterocycles. The summed E-state index contributed by atoms with van der Waals surface area (Å²) in [6.07, 6.45) is 4.66. The van der Waals surface area contributed by atoms with Gasteiger partial charge in [-0.25, -0.2) is 19.4 Å². The van der Waals surface area contributed by atoms with Crippen molar-refractivity contribution in [2.75, 3.05) is 6.54 Å². The van der Waals surface area contributed by atoms with E-state index < -0.39 is 5.82 Å². The number of imidazole rings is 1. The maximum Gasteiger partial charge on any atom is 0.178 e. The third-order valence-electron chi connectivity index (χ3n) is 4.55. The predicted octanol–water partition coefficient (Wildman–Crippen LogP) is 3.10. The number of hydroxylamine groups is 1. The summed E-state index contributed by atoms with van der Waals surface area (Å²) in [5.41, 5.74) is 4.31. The Morgan fingerprint density at radius 3 is 3.04 bits per heavy atom. The van der Waals surface area contributed by atoms with Crippen LogP contribution in [0.1, 0.15) is 24.2 Å². The van der Waals surface area contributed by atoms with Crippen molar-refractivity contribution in [2.45, 2.75) is 25.3 Å². The third kappa shape index (κ3) is 3.78. The number of nitrogens with one attached hydrogen (secondary N) is 3. The first-order valence-corrected chi connectivity index (χ1v) is 9.03. The lowest BCUT2D eigenvalue weighted by Crippen LogP contribution is -2.24. The molecule has 3 heterocycles. The summed E-state index contributed by atoms with van der Waals surface area (Å²) >= 11 is 5.81. The minimum absolute atomic E-state index is 0.0405. The van der Waals surface area contributed by atoms with Gasteiger partial charge in [-0.15, -0.1) is 0 Å². The zero-order valence-corrected chi connectivity index (χ0v) is 15.1. The van der Waals surface area contributed by atoms with Gasteiger partial charge in [-0.1, -0.05) is 11.6 Å². The topological polar surface area (TPSA) is 98.2 Å². The third-order valence-corrected chi connectivity index (χ3v) is 4.84. The molecule has 1 aromatic carbocycles. The minimum atomic E-state index is -0.529. The number of pyridine rings is 1. The summed E-state index contributed by atoms with van der Waals surface area (Å²) in [4.78, 5) is 16.4. The lowest BCUT2D eigenvalue weighted by Gasteiger charge is -2.07. The number of rotatable bonds is 4. The standard InChI is InChI=1S/C18H18ClFN6O/c19-13-8-11(3-4-14(13)20)23-17(26-27)12-5-7-22-18-16(12)24-15(25-18)9-10-2-1-6-21-10/h3-5,7-8,10,21,27H,1-2,6,9H2,(H,23,26)(H,22,24,25). The van der Waals surface area contributed by atoms with E-state index in [0.717, 1.165) is 25.2 Å². The van der Waals surface area contributed by atoms with Gasteiger partial charge >= 0.3 is 0 Å². The SMILES string of the molecule is ONC(=Nc1ccc(F)c(Cl)c1)c1ccnc2nc(CC3CCCN3)[nH]c12. The number of H-pyrrole nitrogens is 1. The predicted molar refractivity (Wildman–Crippen MR) is 101 cm³/mol. The van der Waals surface area contributed by atoms with Crippen molar-refractivity contribution in [3.8, 4) is 0 Å². The van der Waals surface area contributed by atoms with Crippen LogP contribution in [-0.2, 0) is 6.42 Å². The van der Waals surface area contributed by atoms with E-state index in [2.05, 4.69) is 30.7 Å². The summed E-state index contributed by atoms with van der Waals surface area (Å²) in [5, 5.41) is 13.0. The van der Waals surface area contributed by atoms with Gasteiger partial charge in [0.15, 0.2) is 11.5 Å². The van der Waals surface area contributed by atoms with E-state index in [1.807, 2.05) is 0 Å². The second-order valence-electron chi connectivity index (χ2n) is 6.41. The van der Waals surface area contributed by atoms with Crippen LogP contribution in [0.4, 0.5) is 10.1 Å². The van der Waals surface area contributed by atoms with Crippen molar-refractivity contribution in [3.05, 3.63) is 52.7 Å². The van der Waals surface area contributed by atoms with Gasteiger partial charge in [0.2, 0.25) is 0 Å². The summed E-state index contributed by atoms with van der Waals surface area (Å²) < 4.78 is 13.3. The van der Waals surface area contributed by atoms with Crippen LogP contribution in [0, 0.1) is 5.82 Å². The molecular weight excluding hydrogens is 371 g/mol. The number of aliphatic imine (C=N–C) groups is 1. The molecule has 0 aliphatic carbocycles. The molecule has 1 aliphatic rings. The van der Waals surface area contributed by atoms with Crippen LogP contribution < -0.4 is 10.8 Å². The highest BCUT2D eigenvalue weighted by Crippen LogP contribution is 2.23. The van der Waals surface area contributed by atoms with Gasteiger partial charge < -0.3 is 10.3 Å². The second kappa shape index (κ2) is 7.59. The first-order chi connectivity index (χ1) is 13.1. The lowest BCUT2D eigenvalue weighted by atomic mass is 10.1. The Hall–Kier alpha value is -2.55. The molecule has 0 spiro atoms. The number of aromatic amines is 1. The monoisotopic (exact) mass is 388 g/mol. The van der Waals surface area contributed by atoms with Crippen molar-refractivity contribution in [2.24, 2.45) is 4.99 Å². The van der Waals surface area contributed by atoms with Gasteiger partial charge in [0.05, 0.1) is 16.2 Å².